The molecule has 0 aliphatic carbocycles. The highest BCUT2D eigenvalue weighted by Gasteiger charge is 2.19. The van der Waals surface area contributed by atoms with E-state index in [9.17, 15) is 14.4 Å². The molecule has 6 heteroatoms. The maximum Gasteiger partial charge on any atom is 0.306 e. The van der Waals surface area contributed by atoms with Crippen molar-refractivity contribution in [3.8, 4) is 0 Å². The smallest absolute Gasteiger partial charge is 0.306 e. The molecule has 0 aromatic heterocycles. The lowest BCUT2D eigenvalue weighted by Crippen LogP contribution is -2.30. The molecule has 0 heterocycles. The summed E-state index contributed by atoms with van der Waals surface area (Å²) in [7, 11) is 0. The van der Waals surface area contributed by atoms with Crippen molar-refractivity contribution in [1.29, 1.82) is 0 Å². The number of carbonyl (C=O) groups is 3. The van der Waals surface area contributed by atoms with E-state index in [-0.39, 0.29) is 31.1 Å². The van der Waals surface area contributed by atoms with Gasteiger partial charge < -0.3 is 14.2 Å². The first-order valence-corrected chi connectivity index (χ1v) is 22.6. The van der Waals surface area contributed by atoms with Crippen LogP contribution < -0.4 is 0 Å². The van der Waals surface area contributed by atoms with Gasteiger partial charge in [0.05, 0.1) is 0 Å². The van der Waals surface area contributed by atoms with Crippen LogP contribution in [0.2, 0.25) is 0 Å². The molecule has 1 atom stereocenters. The van der Waals surface area contributed by atoms with Crippen molar-refractivity contribution in [3.63, 3.8) is 0 Å². The van der Waals surface area contributed by atoms with Gasteiger partial charge in [0, 0.05) is 19.3 Å². The van der Waals surface area contributed by atoms with E-state index >= 15 is 0 Å². The molecule has 0 aliphatic rings. The fraction of sp³-hybridized carbons (Fsp3) is 0.771. The summed E-state index contributed by atoms with van der Waals surface area (Å²) in [6.07, 6.45) is 49.6. The molecule has 0 saturated carbocycles. The quantitative estimate of drug-likeness (QED) is 0.0268. The minimum Gasteiger partial charge on any atom is -0.462 e. The van der Waals surface area contributed by atoms with E-state index in [1.165, 1.54) is 89.9 Å². The Morgan fingerprint density at radius 2 is 0.741 bits per heavy atom. The van der Waals surface area contributed by atoms with Gasteiger partial charge in [-0.05, 0) is 89.9 Å². The molecular weight excluding hydrogens is 673 g/mol. The maximum absolute atomic E-state index is 12.7. The molecule has 0 aromatic rings. The Hall–Kier alpha value is -2.63. The van der Waals surface area contributed by atoms with Crippen molar-refractivity contribution >= 4 is 17.9 Å². The van der Waals surface area contributed by atoms with E-state index in [4.69, 9.17) is 14.2 Å². The van der Waals surface area contributed by atoms with Gasteiger partial charge in [-0.2, -0.15) is 0 Å². The number of unbranched alkanes of at least 4 members (excludes halogenated alkanes) is 21. The zero-order valence-corrected chi connectivity index (χ0v) is 35.5. The molecule has 0 aliphatic heterocycles. The SMILES string of the molecule is CC/C=C\C/C=C\CCCCC(=O)OCC(COC(=O)CCCCCCC/C=C\CCCCCCCCC)OC(=O)CCCCCCC/C=C\CCCC. The number of hydrogen-bond acceptors (Lipinski definition) is 6. The molecule has 0 rings (SSSR count). The molecular formula is C48H84O6. The predicted octanol–water partition coefficient (Wildman–Crippen LogP) is 14.4. The van der Waals surface area contributed by atoms with Crippen LogP contribution >= 0.6 is 0 Å². The lowest BCUT2D eigenvalue weighted by Gasteiger charge is -2.18. The first-order chi connectivity index (χ1) is 26.5. The molecule has 0 aromatic carbocycles. The molecule has 0 amide bonds. The summed E-state index contributed by atoms with van der Waals surface area (Å²) in [5, 5.41) is 0. The highest BCUT2D eigenvalue weighted by molar-refractivity contribution is 5.71. The Bertz CT molecular complexity index is 964. The molecule has 54 heavy (non-hydrogen) atoms. The molecule has 0 N–H and O–H groups in total. The molecule has 0 radical (unpaired) electrons. The zero-order chi connectivity index (χ0) is 39.4. The van der Waals surface area contributed by atoms with Crippen LogP contribution in [0.3, 0.4) is 0 Å². The summed E-state index contributed by atoms with van der Waals surface area (Å²) in [5.74, 6) is -0.950. The monoisotopic (exact) mass is 757 g/mol. The van der Waals surface area contributed by atoms with Crippen LogP contribution in [0.25, 0.3) is 0 Å². The number of allylic oxidation sites excluding steroid dienone is 8. The van der Waals surface area contributed by atoms with E-state index in [2.05, 4.69) is 69.4 Å². The largest absolute Gasteiger partial charge is 0.462 e. The van der Waals surface area contributed by atoms with Gasteiger partial charge in [-0.25, -0.2) is 0 Å². The molecule has 0 spiro atoms. The molecule has 6 nitrogen and oxygen atoms in total. The highest BCUT2D eigenvalue weighted by atomic mass is 16.6. The fourth-order valence-corrected chi connectivity index (χ4v) is 6.10. The van der Waals surface area contributed by atoms with Gasteiger partial charge in [0.1, 0.15) is 13.2 Å². The van der Waals surface area contributed by atoms with Crippen molar-refractivity contribution in [1.82, 2.24) is 0 Å². The van der Waals surface area contributed by atoms with Gasteiger partial charge in [-0.3, -0.25) is 14.4 Å². The van der Waals surface area contributed by atoms with Gasteiger partial charge in [0.2, 0.25) is 0 Å². The second-order valence-corrected chi connectivity index (χ2v) is 14.9. The Morgan fingerprint density at radius 1 is 0.389 bits per heavy atom. The standard InChI is InChI=1S/C48H84O6/c1-4-7-10-13-16-19-21-22-23-24-25-27-29-32-35-38-41-47(50)53-44-45(43-52-46(49)40-37-34-31-28-18-15-12-9-6-3)54-48(51)42-39-36-33-30-26-20-17-14-11-8-5-2/h9,12,14,17-18,23-24,28,45H,4-8,10-11,13,15-16,19-22,25-27,29-44H2,1-3H3/b12-9-,17-14-,24-23-,28-18-. The van der Waals surface area contributed by atoms with Crippen LogP contribution in [0.5, 0.6) is 0 Å². The summed E-state index contributed by atoms with van der Waals surface area (Å²) in [4.78, 5) is 37.6. The van der Waals surface area contributed by atoms with E-state index < -0.39 is 6.10 Å². The van der Waals surface area contributed by atoms with Gasteiger partial charge in [0.25, 0.3) is 0 Å². The Balaban J connectivity index is 4.37. The van der Waals surface area contributed by atoms with Gasteiger partial charge >= 0.3 is 17.9 Å². The topological polar surface area (TPSA) is 78.9 Å². The molecule has 0 fully saturated rings. The lowest BCUT2D eigenvalue weighted by molar-refractivity contribution is -0.167. The van der Waals surface area contributed by atoms with Crippen LogP contribution in [-0.4, -0.2) is 37.2 Å². The van der Waals surface area contributed by atoms with Crippen molar-refractivity contribution < 1.29 is 28.6 Å². The molecule has 312 valence electrons. The third kappa shape index (κ3) is 40.6. The Labute approximate surface area is 333 Å². The van der Waals surface area contributed by atoms with E-state index in [0.29, 0.717) is 19.3 Å². The maximum atomic E-state index is 12.7. The summed E-state index contributed by atoms with van der Waals surface area (Å²) < 4.78 is 16.6. The third-order valence-corrected chi connectivity index (χ3v) is 9.54. The van der Waals surface area contributed by atoms with Crippen LogP contribution in [0.15, 0.2) is 48.6 Å². The minimum atomic E-state index is -0.789. The second-order valence-electron chi connectivity index (χ2n) is 14.9. The van der Waals surface area contributed by atoms with Crippen molar-refractivity contribution in [2.24, 2.45) is 0 Å². The number of hydrogen-bond donors (Lipinski definition) is 0. The lowest BCUT2D eigenvalue weighted by atomic mass is 10.1. The van der Waals surface area contributed by atoms with Crippen LogP contribution in [0.4, 0.5) is 0 Å². The normalized spacial score (nSPS) is 12.4. The van der Waals surface area contributed by atoms with E-state index in [1.54, 1.807) is 0 Å². The van der Waals surface area contributed by atoms with Gasteiger partial charge in [-0.1, -0.05) is 159 Å². The van der Waals surface area contributed by atoms with Crippen molar-refractivity contribution in [2.45, 2.75) is 226 Å². The first kappa shape index (κ1) is 51.4. The van der Waals surface area contributed by atoms with Gasteiger partial charge in [-0.15, -0.1) is 0 Å². The average Bonchev–Trinajstić information content (AvgIpc) is 3.17. The zero-order valence-electron chi connectivity index (χ0n) is 35.5. The van der Waals surface area contributed by atoms with Crippen LogP contribution in [0.1, 0.15) is 220 Å². The predicted molar refractivity (Wildman–Crippen MR) is 229 cm³/mol. The van der Waals surface area contributed by atoms with Crippen LogP contribution in [0, 0.1) is 0 Å². The summed E-state index contributed by atoms with van der Waals surface area (Å²) in [6.45, 7) is 6.41. The number of ether oxygens (including phenoxy) is 3. The number of rotatable bonds is 40. The first-order valence-electron chi connectivity index (χ1n) is 22.6. The van der Waals surface area contributed by atoms with E-state index in [0.717, 1.165) is 89.9 Å². The second kappa shape index (κ2) is 43.1. The van der Waals surface area contributed by atoms with Gasteiger partial charge in [0.15, 0.2) is 6.10 Å². The Morgan fingerprint density at radius 3 is 1.22 bits per heavy atom. The average molecular weight is 757 g/mol. The van der Waals surface area contributed by atoms with Crippen LogP contribution in [-0.2, 0) is 28.6 Å². The van der Waals surface area contributed by atoms with Crippen molar-refractivity contribution in [2.75, 3.05) is 13.2 Å². The minimum absolute atomic E-state index is 0.0912. The Kier molecular flexibility index (Phi) is 41.0. The molecule has 1 unspecified atom stereocenters. The molecule has 0 bridgehead atoms. The molecule has 0 saturated heterocycles. The summed E-state index contributed by atoms with van der Waals surface area (Å²) in [5.41, 5.74) is 0. The van der Waals surface area contributed by atoms with E-state index in [1.807, 2.05) is 0 Å². The number of esters is 3. The van der Waals surface area contributed by atoms with Crippen molar-refractivity contribution in [3.05, 3.63) is 48.6 Å². The summed E-state index contributed by atoms with van der Waals surface area (Å²) >= 11 is 0. The number of carbonyl (C=O) groups excluding carboxylic acids is 3. The highest BCUT2D eigenvalue weighted by Crippen LogP contribution is 2.13. The summed E-state index contributed by atoms with van der Waals surface area (Å²) in [6, 6.07) is 0. The fourth-order valence-electron chi connectivity index (χ4n) is 6.10. The third-order valence-electron chi connectivity index (χ3n) is 9.54.